The molecule has 126 valence electrons. The molecule has 4 rings (SSSR count). The number of rotatable bonds is 0. The predicted molar refractivity (Wildman–Crippen MR) is 80.1 cm³/mol. The van der Waals surface area contributed by atoms with Gasteiger partial charge in [-0.25, -0.2) is 23.1 Å². The third-order valence-electron chi connectivity index (χ3n) is 3.72. The van der Waals surface area contributed by atoms with Crippen LogP contribution < -0.4 is 5.73 Å². The Morgan fingerprint density at radius 1 is 1.08 bits per heavy atom. The number of nitrogens with zero attached hydrogens (tertiary/aromatic N) is 3. The van der Waals surface area contributed by atoms with E-state index in [1.165, 1.54) is 12.3 Å². The number of fused-ring (bicyclic) bond motifs is 3. The number of nitrogens with two attached hydrogens (primary N) is 1. The maximum absolute atomic E-state index is 13.0. The molecule has 1 aliphatic heterocycles. The molecule has 3 aromatic rings. The molecule has 0 fully saturated rings. The lowest BCUT2D eigenvalue weighted by Crippen LogP contribution is -2.31. The second kappa shape index (κ2) is 6.56. The maximum Gasteiger partial charge on any atom is 0.215 e. The van der Waals surface area contributed by atoms with Crippen molar-refractivity contribution in [2.75, 3.05) is 0 Å². The van der Waals surface area contributed by atoms with Crippen LogP contribution in [0.15, 0.2) is 30.5 Å². The molecule has 1 aliphatic rings. The number of hydrogen-bond acceptors (Lipinski definition) is 3. The number of pyridine rings is 1. The van der Waals surface area contributed by atoms with Gasteiger partial charge in [0.15, 0.2) is 11.6 Å². The Hall–Kier alpha value is -2.48. The fraction of sp³-hybridized carbons (Fsp3) is 0.250. The fourth-order valence-electron chi connectivity index (χ4n) is 2.56. The molecular formula is C16H14F4N4. The summed E-state index contributed by atoms with van der Waals surface area (Å²) in [6.45, 7) is 0.718. The zero-order valence-electron chi connectivity index (χ0n) is 12.5. The number of aromatic nitrogens is 3. The summed E-state index contributed by atoms with van der Waals surface area (Å²) in [6, 6.07) is 3.66. The van der Waals surface area contributed by atoms with Crippen molar-refractivity contribution >= 4 is 11.0 Å². The highest BCUT2D eigenvalue weighted by molar-refractivity contribution is 5.75. The topological polar surface area (TPSA) is 56.7 Å². The van der Waals surface area contributed by atoms with E-state index in [0.29, 0.717) is 6.07 Å². The normalized spacial score (nSPS) is 16.5. The Kier molecular flexibility index (Phi) is 4.48. The Balaban J connectivity index is 0.000000162. The van der Waals surface area contributed by atoms with Gasteiger partial charge in [0.25, 0.3) is 0 Å². The molecule has 2 N–H and O–H groups in total. The molecule has 0 radical (unpaired) electrons. The minimum atomic E-state index is -1.16. The van der Waals surface area contributed by atoms with Crippen LogP contribution in [-0.2, 0) is 13.0 Å². The molecule has 0 bridgehead atoms. The summed E-state index contributed by atoms with van der Waals surface area (Å²) in [5.41, 5.74) is 7.43. The second-order valence-electron chi connectivity index (χ2n) is 5.49. The minimum Gasteiger partial charge on any atom is -0.326 e. The molecule has 0 amide bonds. The molecular weight excluding hydrogens is 324 g/mol. The fourth-order valence-corrected chi connectivity index (χ4v) is 2.56. The van der Waals surface area contributed by atoms with Crippen LogP contribution in [0.1, 0.15) is 12.2 Å². The molecule has 2 aromatic heterocycles. The van der Waals surface area contributed by atoms with E-state index in [-0.39, 0.29) is 6.04 Å². The van der Waals surface area contributed by atoms with E-state index in [2.05, 4.69) is 9.97 Å². The Morgan fingerprint density at radius 3 is 2.58 bits per heavy atom. The Morgan fingerprint density at radius 2 is 1.88 bits per heavy atom. The van der Waals surface area contributed by atoms with Crippen LogP contribution in [0.4, 0.5) is 17.6 Å². The van der Waals surface area contributed by atoms with E-state index in [0.717, 1.165) is 48.4 Å². The maximum atomic E-state index is 13.0. The minimum absolute atomic E-state index is 0.145. The molecule has 0 saturated carbocycles. The standard InChI is InChI=1S/C10H11FN4.C6H3F3/c11-9-3-8-7(4-13-9)14-10-2-1-6(12)5-15(8)10;7-4-1-2-5(8)6(9)3-4/h3-4,6H,1-2,5,12H2;1-3H/t6-;/m1./s1. The first-order chi connectivity index (χ1) is 11.4. The molecule has 0 saturated heterocycles. The first kappa shape index (κ1) is 16.4. The molecule has 24 heavy (non-hydrogen) atoms. The first-order valence-corrected chi connectivity index (χ1v) is 7.31. The van der Waals surface area contributed by atoms with E-state index in [4.69, 9.17) is 5.73 Å². The lowest BCUT2D eigenvalue weighted by Gasteiger charge is -2.20. The van der Waals surface area contributed by atoms with Crippen LogP contribution in [0.2, 0.25) is 0 Å². The van der Waals surface area contributed by atoms with Gasteiger partial charge in [-0.2, -0.15) is 4.39 Å². The molecule has 8 heteroatoms. The van der Waals surface area contributed by atoms with Gasteiger partial charge in [-0.05, 0) is 18.6 Å². The summed E-state index contributed by atoms with van der Waals surface area (Å²) in [4.78, 5) is 8.00. The second-order valence-corrected chi connectivity index (χ2v) is 5.49. The molecule has 0 unspecified atom stereocenters. The monoisotopic (exact) mass is 338 g/mol. The van der Waals surface area contributed by atoms with Gasteiger partial charge < -0.3 is 10.3 Å². The first-order valence-electron chi connectivity index (χ1n) is 7.31. The Labute approximate surface area is 134 Å². The van der Waals surface area contributed by atoms with Crippen molar-refractivity contribution in [1.82, 2.24) is 14.5 Å². The molecule has 0 spiro atoms. The van der Waals surface area contributed by atoms with Crippen molar-refractivity contribution in [2.24, 2.45) is 5.73 Å². The zero-order chi connectivity index (χ0) is 17.3. The number of halogens is 4. The van der Waals surface area contributed by atoms with Gasteiger partial charge in [0.1, 0.15) is 17.2 Å². The zero-order valence-corrected chi connectivity index (χ0v) is 12.5. The predicted octanol–water partition coefficient (Wildman–Crippen LogP) is 2.95. The van der Waals surface area contributed by atoms with E-state index >= 15 is 0 Å². The highest BCUT2D eigenvalue weighted by atomic mass is 19.2. The van der Waals surface area contributed by atoms with Crippen LogP contribution in [-0.4, -0.2) is 20.6 Å². The van der Waals surface area contributed by atoms with Crippen molar-refractivity contribution in [2.45, 2.75) is 25.4 Å². The number of aryl methyl sites for hydroxylation is 1. The van der Waals surface area contributed by atoms with Crippen LogP contribution in [0.25, 0.3) is 11.0 Å². The van der Waals surface area contributed by atoms with E-state index < -0.39 is 23.4 Å². The van der Waals surface area contributed by atoms with Crippen molar-refractivity contribution in [3.8, 4) is 0 Å². The van der Waals surface area contributed by atoms with Crippen molar-refractivity contribution < 1.29 is 17.6 Å². The van der Waals surface area contributed by atoms with Crippen LogP contribution in [0, 0.1) is 23.4 Å². The SMILES string of the molecule is Fc1ccc(F)c(F)c1.N[C@@H]1CCc2nc3cnc(F)cc3n2C1. The van der Waals surface area contributed by atoms with Gasteiger partial charge in [-0.1, -0.05) is 0 Å². The average molecular weight is 338 g/mol. The van der Waals surface area contributed by atoms with Gasteiger partial charge in [0.05, 0.1) is 11.7 Å². The van der Waals surface area contributed by atoms with Crippen LogP contribution in [0.3, 0.4) is 0 Å². The highest BCUT2D eigenvalue weighted by Crippen LogP contribution is 2.21. The smallest absolute Gasteiger partial charge is 0.215 e. The van der Waals surface area contributed by atoms with Gasteiger partial charge in [-0.3, -0.25) is 0 Å². The number of hydrogen-bond donors (Lipinski definition) is 1. The van der Waals surface area contributed by atoms with E-state index in [1.54, 1.807) is 0 Å². The summed E-state index contributed by atoms with van der Waals surface area (Å²) in [5.74, 6) is -2.44. The molecule has 3 heterocycles. The summed E-state index contributed by atoms with van der Waals surface area (Å²) in [5, 5.41) is 0. The Bertz CT molecular complexity index is 878. The van der Waals surface area contributed by atoms with Crippen LogP contribution >= 0.6 is 0 Å². The number of benzene rings is 1. The van der Waals surface area contributed by atoms with Gasteiger partial charge in [0.2, 0.25) is 5.95 Å². The van der Waals surface area contributed by atoms with Crippen molar-refractivity contribution in [1.29, 1.82) is 0 Å². The summed E-state index contributed by atoms with van der Waals surface area (Å²) in [7, 11) is 0. The third kappa shape index (κ3) is 3.38. The molecule has 1 atom stereocenters. The van der Waals surface area contributed by atoms with Gasteiger partial charge >= 0.3 is 0 Å². The quantitative estimate of drug-likeness (QED) is 0.389. The van der Waals surface area contributed by atoms with Crippen LogP contribution in [0.5, 0.6) is 0 Å². The van der Waals surface area contributed by atoms with Crippen molar-refractivity contribution in [3.63, 3.8) is 0 Å². The number of imidazole rings is 1. The highest BCUT2D eigenvalue weighted by Gasteiger charge is 2.19. The van der Waals surface area contributed by atoms with Crippen molar-refractivity contribution in [3.05, 3.63) is 59.7 Å². The van der Waals surface area contributed by atoms with E-state index in [9.17, 15) is 17.6 Å². The lowest BCUT2D eigenvalue weighted by molar-refractivity contribution is 0.461. The summed E-state index contributed by atoms with van der Waals surface area (Å²) >= 11 is 0. The van der Waals surface area contributed by atoms with E-state index in [1.807, 2.05) is 4.57 Å². The largest absolute Gasteiger partial charge is 0.326 e. The summed E-state index contributed by atoms with van der Waals surface area (Å²) in [6.07, 6.45) is 3.28. The van der Waals surface area contributed by atoms with Gasteiger partial charge in [-0.15, -0.1) is 0 Å². The molecule has 0 aliphatic carbocycles. The average Bonchev–Trinajstić information content (AvgIpc) is 2.89. The third-order valence-corrected chi connectivity index (χ3v) is 3.72. The molecule has 4 nitrogen and oxygen atoms in total. The summed E-state index contributed by atoms with van der Waals surface area (Å²) < 4.78 is 50.9. The lowest BCUT2D eigenvalue weighted by atomic mass is 10.1. The molecule has 1 aromatic carbocycles. The van der Waals surface area contributed by atoms with Gasteiger partial charge in [0, 0.05) is 31.1 Å².